The first-order valence-electron chi connectivity index (χ1n) is 17.2. The third kappa shape index (κ3) is 10.7. The molecule has 288 valence electrons. The predicted octanol–water partition coefficient (Wildman–Crippen LogP) is 7.50. The molecular formula is C37H43F4N2O8S2+. The van der Waals surface area contributed by atoms with Crippen LogP contribution in [-0.2, 0) is 30.4 Å². The summed E-state index contributed by atoms with van der Waals surface area (Å²) in [5.74, 6) is -9.06. The van der Waals surface area contributed by atoms with Gasteiger partial charge in [-0.1, -0.05) is 48.9 Å². The molecule has 2 aromatic rings. The highest BCUT2D eigenvalue weighted by Gasteiger charge is 2.53. The number of hydrogen-bond donors (Lipinski definition) is 3. The fourth-order valence-corrected chi connectivity index (χ4v) is 7.90. The Morgan fingerprint density at radius 2 is 1.47 bits per heavy atom. The average Bonchev–Trinajstić information content (AvgIpc) is 3.33. The maximum Gasteiger partial charge on any atom is 0.303 e. The lowest BCUT2D eigenvalue weighted by Crippen LogP contribution is -2.32. The SMILES string of the molecule is CC1(CCCCS(=O)(=O)O)C(/C=C/C=C/C=C2\C=Cc3ccccc3N2CCCCS(=O)(=O)O)=[N+](CCCCCC(=O)O)c2c(F)c(F)c(F)c(F)c21. The molecule has 16 heteroatoms. The molecule has 0 bridgehead atoms. The quantitative estimate of drug-likeness (QED) is 0.0250. The van der Waals surface area contributed by atoms with Gasteiger partial charge in [0.1, 0.15) is 6.54 Å². The molecular weight excluding hydrogens is 741 g/mol. The van der Waals surface area contributed by atoms with E-state index in [1.807, 2.05) is 41.3 Å². The van der Waals surface area contributed by atoms with Gasteiger partial charge >= 0.3 is 5.97 Å². The van der Waals surface area contributed by atoms with Crippen molar-refractivity contribution < 1.29 is 58.0 Å². The van der Waals surface area contributed by atoms with E-state index in [1.54, 1.807) is 30.4 Å². The normalized spacial score (nSPS) is 18.2. The Kier molecular flexibility index (Phi) is 14.0. The zero-order chi connectivity index (χ0) is 39.0. The number of carboxylic acids is 1. The Balaban J connectivity index is 1.69. The molecule has 53 heavy (non-hydrogen) atoms. The molecule has 4 rings (SSSR count). The average molecular weight is 784 g/mol. The number of carbonyl (C=O) groups is 1. The van der Waals surface area contributed by atoms with Crippen molar-refractivity contribution in [2.24, 2.45) is 0 Å². The van der Waals surface area contributed by atoms with Gasteiger partial charge in [0.15, 0.2) is 17.3 Å². The van der Waals surface area contributed by atoms with Gasteiger partial charge in [-0.05, 0) is 69.2 Å². The number of para-hydroxylation sites is 1. The molecule has 2 aliphatic heterocycles. The second kappa shape index (κ2) is 17.8. The van der Waals surface area contributed by atoms with Crippen LogP contribution in [0.15, 0.2) is 66.4 Å². The number of hydrogen-bond acceptors (Lipinski definition) is 6. The lowest BCUT2D eigenvalue weighted by Gasteiger charge is -2.30. The molecule has 2 heterocycles. The molecule has 0 aliphatic carbocycles. The predicted molar refractivity (Wildman–Crippen MR) is 195 cm³/mol. The summed E-state index contributed by atoms with van der Waals surface area (Å²) < 4.78 is 126. The third-order valence-corrected chi connectivity index (χ3v) is 10.9. The van der Waals surface area contributed by atoms with Crippen LogP contribution >= 0.6 is 0 Å². The molecule has 1 unspecified atom stereocenters. The van der Waals surface area contributed by atoms with Crippen molar-refractivity contribution in [1.82, 2.24) is 0 Å². The summed E-state index contributed by atoms with van der Waals surface area (Å²) in [6.07, 6.45) is 13.7. The van der Waals surface area contributed by atoms with E-state index in [9.17, 15) is 35.0 Å². The molecule has 0 aromatic heterocycles. The highest BCUT2D eigenvalue weighted by Crippen LogP contribution is 2.47. The summed E-state index contributed by atoms with van der Waals surface area (Å²) in [6, 6.07) is 7.62. The Bertz CT molecular complexity index is 2080. The molecule has 2 aromatic carbocycles. The topological polar surface area (TPSA) is 152 Å². The van der Waals surface area contributed by atoms with Gasteiger partial charge < -0.3 is 10.0 Å². The molecule has 2 aliphatic rings. The van der Waals surface area contributed by atoms with Crippen LogP contribution in [0.2, 0.25) is 0 Å². The number of aliphatic carboxylic acids is 1. The third-order valence-electron chi connectivity index (χ3n) is 9.27. The summed E-state index contributed by atoms with van der Waals surface area (Å²) in [5, 5.41) is 9.01. The van der Waals surface area contributed by atoms with Gasteiger partial charge in [0.25, 0.3) is 25.9 Å². The highest BCUT2D eigenvalue weighted by molar-refractivity contribution is 7.86. The number of carboxylic acid groups (broad SMARTS) is 1. The molecule has 0 saturated carbocycles. The Labute approximate surface area is 307 Å². The van der Waals surface area contributed by atoms with Crippen LogP contribution in [0.25, 0.3) is 6.08 Å². The van der Waals surface area contributed by atoms with Crippen LogP contribution in [0.3, 0.4) is 0 Å². The molecule has 0 spiro atoms. The van der Waals surface area contributed by atoms with Crippen LogP contribution in [-0.4, -0.2) is 71.9 Å². The second-order valence-corrected chi connectivity index (χ2v) is 16.3. The van der Waals surface area contributed by atoms with Gasteiger partial charge in [-0.2, -0.15) is 25.8 Å². The summed E-state index contributed by atoms with van der Waals surface area (Å²) in [5.41, 5.74) is 0.515. The number of allylic oxidation sites excluding steroid dienone is 6. The lowest BCUT2D eigenvalue weighted by atomic mass is 9.75. The Hall–Kier alpha value is -4.12. The molecule has 0 amide bonds. The summed E-state index contributed by atoms with van der Waals surface area (Å²) >= 11 is 0. The maximum atomic E-state index is 15.7. The van der Waals surface area contributed by atoms with E-state index in [4.69, 9.17) is 9.66 Å². The number of fused-ring (bicyclic) bond motifs is 2. The first-order chi connectivity index (χ1) is 24.9. The number of unbranched alkanes of at least 4 members (excludes halogenated alkanes) is 4. The van der Waals surface area contributed by atoms with Crippen LogP contribution < -0.4 is 4.90 Å². The molecule has 0 fully saturated rings. The first-order valence-corrected chi connectivity index (χ1v) is 20.4. The summed E-state index contributed by atoms with van der Waals surface area (Å²) in [4.78, 5) is 13.0. The number of nitrogens with zero attached hydrogens (tertiary/aromatic N) is 2. The zero-order valence-corrected chi connectivity index (χ0v) is 30.8. The molecule has 10 nitrogen and oxygen atoms in total. The molecule has 3 N–H and O–H groups in total. The van der Waals surface area contributed by atoms with Crippen molar-refractivity contribution >= 4 is 49.4 Å². The number of rotatable bonds is 19. The number of anilines is 1. The van der Waals surface area contributed by atoms with Crippen molar-refractivity contribution in [1.29, 1.82) is 0 Å². The van der Waals surface area contributed by atoms with Gasteiger partial charge in [-0.25, -0.2) is 13.2 Å². The monoisotopic (exact) mass is 783 g/mol. The Morgan fingerprint density at radius 3 is 2.15 bits per heavy atom. The van der Waals surface area contributed by atoms with Crippen molar-refractivity contribution in [2.45, 2.75) is 70.1 Å². The zero-order valence-electron chi connectivity index (χ0n) is 29.1. The van der Waals surface area contributed by atoms with Crippen molar-refractivity contribution in [3.63, 3.8) is 0 Å². The number of benzene rings is 2. The van der Waals surface area contributed by atoms with Gasteiger partial charge in [-0.3, -0.25) is 13.9 Å². The highest BCUT2D eigenvalue weighted by atomic mass is 32.2. The summed E-state index contributed by atoms with van der Waals surface area (Å²) in [7, 11) is -8.41. The fourth-order valence-electron chi connectivity index (χ4n) is 6.76. The van der Waals surface area contributed by atoms with Crippen molar-refractivity contribution in [2.75, 3.05) is 29.5 Å². The standard InChI is InChI=1S/C37H42F4N2O8S2/c1-37(21-9-12-24-52(46,47)48)29(43(23-10-3-6-18-30(44)45)36-31(37)32(38)33(39)34(40)35(36)41)17-5-2-4-15-27-20-19-26-14-7-8-16-28(26)42(27)22-11-13-25-53(49,50)51/h2,4-5,7-8,14-17,19-20H,3,6,9-13,18,21-25H2,1H3,(H2-,44,45,46,47,48,49,50,51)/p+1. The van der Waals surface area contributed by atoms with E-state index in [-0.39, 0.29) is 50.1 Å². The molecule has 0 saturated heterocycles. The largest absolute Gasteiger partial charge is 0.481 e. The minimum absolute atomic E-state index is 0.0127. The van der Waals surface area contributed by atoms with E-state index >= 15 is 8.78 Å². The molecule has 0 radical (unpaired) electrons. The van der Waals surface area contributed by atoms with Gasteiger partial charge in [0.2, 0.25) is 11.6 Å². The van der Waals surface area contributed by atoms with Gasteiger partial charge in [0, 0.05) is 36.8 Å². The van der Waals surface area contributed by atoms with E-state index < -0.39 is 71.9 Å². The molecule has 1 atom stereocenters. The lowest BCUT2D eigenvalue weighted by molar-refractivity contribution is -0.441. The van der Waals surface area contributed by atoms with Crippen LogP contribution in [0.4, 0.5) is 28.9 Å². The van der Waals surface area contributed by atoms with E-state index in [0.29, 0.717) is 32.2 Å². The van der Waals surface area contributed by atoms with Gasteiger partial charge in [-0.15, -0.1) is 0 Å². The van der Waals surface area contributed by atoms with Crippen LogP contribution in [0.5, 0.6) is 0 Å². The first kappa shape index (κ1) is 41.6. The van der Waals surface area contributed by atoms with Crippen LogP contribution in [0.1, 0.15) is 75.8 Å². The number of halogens is 4. The van der Waals surface area contributed by atoms with Crippen molar-refractivity contribution in [3.05, 3.63) is 101 Å². The van der Waals surface area contributed by atoms with E-state index in [0.717, 1.165) is 16.9 Å². The van der Waals surface area contributed by atoms with Crippen molar-refractivity contribution in [3.8, 4) is 0 Å². The van der Waals surface area contributed by atoms with E-state index in [1.165, 1.54) is 11.5 Å². The smallest absolute Gasteiger partial charge is 0.303 e. The maximum absolute atomic E-state index is 15.7. The minimum atomic E-state index is -4.31. The summed E-state index contributed by atoms with van der Waals surface area (Å²) in [6.45, 7) is 1.99. The second-order valence-electron chi connectivity index (χ2n) is 13.2. The minimum Gasteiger partial charge on any atom is -0.481 e. The van der Waals surface area contributed by atoms with Crippen LogP contribution in [0, 0.1) is 23.3 Å². The Morgan fingerprint density at radius 1 is 0.811 bits per heavy atom. The van der Waals surface area contributed by atoms with Gasteiger partial charge in [0.05, 0.1) is 22.5 Å². The fraction of sp³-hybridized carbons (Fsp3) is 0.405. The van der Waals surface area contributed by atoms with E-state index in [2.05, 4.69) is 0 Å².